The summed E-state index contributed by atoms with van der Waals surface area (Å²) in [5.74, 6) is -0.441. The van der Waals surface area contributed by atoms with Crippen LogP contribution < -0.4 is 4.74 Å². The van der Waals surface area contributed by atoms with Gasteiger partial charge >= 0.3 is 0 Å². The monoisotopic (exact) mass is 377 g/mol. The molecule has 0 saturated carbocycles. The molecule has 0 N–H and O–H groups in total. The van der Waals surface area contributed by atoms with E-state index < -0.39 is 15.7 Å². The standard InChI is InChI=1S/C16H21ClFNO4S/c1-2-3-7-19(13-6-8-24(21,22)11-13)16(20)10-23-15-5-4-12(18)9-14(15)17/h4-5,9,13H,2-3,6-8,10-11H2,1H3. The smallest absolute Gasteiger partial charge is 0.260 e. The molecule has 0 aromatic heterocycles. The Morgan fingerprint density at radius 1 is 1.46 bits per heavy atom. The van der Waals surface area contributed by atoms with Crippen molar-refractivity contribution in [3.8, 4) is 5.75 Å². The molecule has 0 radical (unpaired) electrons. The number of carbonyl (C=O) groups is 1. The average Bonchev–Trinajstić information content (AvgIpc) is 2.86. The average molecular weight is 378 g/mol. The Bertz CT molecular complexity index is 695. The molecule has 1 saturated heterocycles. The van der Waals surface area contributed by atoms with Gasteiger partial charge in [0, 0.05) is 12.6 Å². The van der Waals surface area contributed by atoms with Crippen LogP contribution in [0.3, 0.4) is 0 Å². The van der Waals surface area contributed by atoms with E-state index >= 15 is 0 Å². The van der Waals surface area contributed by atoms with Gasteiger partial charge in [0.25, 0.3) is 5.91 Å². The van der Waals surface area contributed by atoms with Gasteiger partial charge in [-0.05, 0) is 31.0 Å². The first-order valence-electron chi connectivity index (χ1n) is 7.90. The van der Waals surface area contributed by atoms with Crippen LogP contribution in [0.25, 0.3) is 0 Å². The molecule has 1 aliphatic heterocycles. The number of ether oxygens (including phenoxy) is 1. The van der Waals surface area contributed by atoms with Crippen LogP contribution >= 0.6 is 11.6 Å². The van der Waals surface area contributed by atoms with Crippen molar-refractivity contribution in [3.63, 3.8) is 0 Å². The van der Waals surface area contributed by atoms with E-state index in [1.54, 1.807) is 4.90 Å². The Balaban J connectivity index is 2.02. The number of rotatable bonds is 7. The Morgan fingerprint density at radius 3 is 2.79 bits per heavy atom. The molecule has 1 heterocycles. The number of carbonyl (C=O) groups excluding carboxylic acids is 1. The second kappa shape index (κ2) is 8.16. The van der Waals surface area contributed by atoms with E-state index in [2.05, 4.69) is 0 Å². The van der Waals surface area contributed by atoms with Gasteiger partial charge in [-0.3, -0.25) is 4.79 Å². The number of benzene rings is 1. The summed E-state index contributed by atoms with van der Waals surface area (Å²) < 4.78 is 41.8. The highest BCUT2D eigenvalue weighted by Gasteiger charge is 2.34. The number of hydrogen-bond donors (Lipinski definition) is 0. The van der Waals surface area contributed by atoms with Crippen molar-refractivity contribution in [1.82, 2.24) is 4.90 Å². The van der Waals surface area contributed by atoms with Crippen molar-refractivity contribution in [2.45, 2.75) is 32.2 Å². The normalized spacial score (nSPS) is 19.2. The molecule has 0 bridgehead atoms. The molecule has 5 nitrogen and oxygen atoms in total. The first-order chi connectivity index (χ1) is 11.3. The molecular formula is C16H21ClFNO4S. The molecule has 1 aromatic carbocycles. The largest absolute Gasteiger partial charge is 0.482 e. The lowest BCUT2D eigenvalue weighted by Gasteiger charge is -2.28. The zero-order valence-corrected chi connectivity index (χ0v) is 15.1. The fourth-order valence-electron chi connectivity index (χ4n) is 2.68. The van der Waals surface area contributed by atoms with Crippen LogP contribution in [0.15, 0.2) is 18.2 Å². The SMILES string of the molecule is CCCCN(C(=O)COc1ccc(F)cc1Cl)C1CCS(=O)(=O)C1. The third kappa shape index (κ3) is 5.08. The maximum atomic E-state index is 13.0. The highest BCUT2D eigenvalue weighted by Crippen LogP contribution is 2.25. The summed E-state index contributed by atoms with van der Waals surface area (Å²) >= 11 is 5.87. The summed E-state index contributed by atoms with van der Waals surface area (Å²) in [7, 11) is -3.08. The second-order valence-electron chi connectivity index (χ2n) is 5.86. The van der Waals surface area contributed by atoms with Gasteiger partial charge in [0.1, 0.15) is 11.6 Å². The molecule has 0 aliphatic carbocycles. The van der Waals surface area contributed by atoms with E-state index in [-0.39, 0.29) is 40.8 Å². The molecule has 1 unspecified atom stereocenters. The van der Waals surface area contributed by atoms with Gasteiger partial charge in [0.15, 0.2) is 16.4 Å². The van der Waals surface area contributed by atoms with E-state index in [1.807, 2.05) is 6.92 Å². The lowest BCUT2D eigenvalue weighted by atomic mass is 10.2. The maximum Gasteiger partial charge on any atom is 0.260 e. The lowest BCUT2D eigenvalue weighted by Crippen LogP contribution is -2.44. The molecule has 1 aromatic rings. The highest BCUT2D eigenvalue weighted by molar-refractivity contribution is 7.91. The van der Waals surface area contributed by atoms with Gasteiger partial charge in [0.2, 0.25) is 0 Å². The molecule has 1 amide bonds. The summed E-state index contributed by atoms with van der Waals surface area (Å²) in [6, 6.07) is 3.37. The Morgan fingerprint density at radius 2 is 2.21 bits per heavy atom. The molecule has 1 fully saturated rings. The number of halogens is 2. The maximum absolute atomic E-state index is 13.0. The van der Waals surface area contributed by atoms with E-state index in [0.29, 0.717) is 13.0 Å². The van der Waals surface area contributed by atoms with E-state index in [9.17, 15) is 17.6 Å². The Hall–Kier alpha value is -1.34. The van der Waals surface area contributed by atoms with Gasteiger partial charge < -0.3 is 9.64 Å². The fourth-order valence-corrected chi connectivity index (χ4v) is 4.63. The van der Waals surface area contributed by atoms with Gasteiger partial charge in [-0.2, -0.15) is 0 Å². The fraction of sp³-hybridized carbons (Fsp3) is 0.562. The van der Waals surface area contributed by atoms with Crippen LogP contribution in [0, 0.1) is 5.82 Å². The van der Waals surface area contributed by atoms with Gasteiger partial charge in [0.05, 0.1) is 16.5 Å². The third-order valence-electron chi connectivity index (χ3n) is 3.97. The van der Waals surface area contributed by atoms with E-state index in [1.165, 1.54) is 12.1 Å². The highest BCUT2D eigenvalue weighted by atomic mass is 35.5. The second-order valence-corrected chi connectivity index (χ2v) is 8.50. The summed E-state index contributed by atoms with van der Waals surface area (Å²) in [5.41, 5.74) is 0. The van der Waals surface area contributed by atoms with Crippen molar-refractivity contribution in [2.24, 2.45) is 0 Å². The lowest BCUT2D eigenvalue weighted by molar-refractivity contribution is -0.135. The summed E-state index contributed by atoms with van der Waals surface area (Å²) in [4.78, 5) is 14.1. The first-order valence-corrected chi connectivity index (χ1v) is 10.1. The van der Waals surface area contributed by atoms with Crippen LogP contribution in [0.2, 0.25) is 5.02 Å². The molecule has 1 atom stereocenters. The summed E-state index contributed by atoms with van der Waals surface area (Å²) in [6.07, 6.45) is 2.14. The zero-order valence-electron chi connectivity index (χ0n) is 13.5. The Labute approximate surface area is 146 Å². The van der Waals surface area contributed by atoms with Crippen molar-refractivity contribution in [3.05, 3.63) is 29.0 Å². The molecule has 1 aliphatic rings. The molecule has 0 spiro atoms. The Kier molecular flexibility index (Phi) is 6.46. The molecule has 8 heteroatoms. The number of unbranched alkanes of at least 4 members (excludes halogenated alkanes) is 1. The van der Waals surface area contributed by atoms with Gasteiger partial charge in [-0.1, -0.05) is 24.9 Å². The summed E-state index contributed by atoms with van der Waals surface area (Å²) in [5, 5.41) is 0.0892. The summed E-state index contributed by atoms with van der Waals surface area (Å²) in [6.45, 7) is 2.24. The quantitative estimate of drug-likeness (QED) is 0.732. The number of hydrogen-bond acceptors (Lipinski definition) is 4. The van der Waals surface area contributed by atoms with Crippen LogP contribution in [0.4, 0.5) is 4.39 Å². The predicted octanol–water partition coefficient (Wildman–Crippen LogP) is 2.67. The molecule has 2 rings (SSSR count). The van der Waals surface area contributed by atoms with Crippen LogP contribution in [-0.4, -0.2) is 49.9 Å². The van der Waals surface area contributed by atoms with Crippen LogP contribution in [-0.2, 0) is 14.6 Å². The van der Waals surface area contributed by atoms with E-state index in [4.69, 9.17) is 16.3 Å². The van der Waals surface area contributed by atoms with E-state index in [0.717, 1.165) is 18.9 Å². The number of sulfone groups is 1. The molecule has 24 heavy (non-hydrogen) atoms. The van der Waals surface area contributed by atoms with Crippen molar-refractivity contribution in [2.75, 3.05) is 24.7 Å². The first kappa shape index (κ1) is 19.0. The van der Waals surface area contributed by atoms with Crippen molar-refractivity contribution < 1.29 is 22.3 Å². The molecule has 134 valence electrons. The van der Waals surface area contributed by atoms with Gasteiger partial charge in [-0.25, -0.2) is 12.8 Å². The zero-order chi connectivity index (χ0) is 17.7. The minimum absolute atomic E-state index is 0.000239. The minimum Gasteiger partial charge on any atom is -0.482 e. The third-order valence-corrected chi connectivity index (χ3v) is 6.01. The number of amides is 1. The van der Waals surface area contributed by atoms with Crippen LogP contribution in [0.5, 0.6) is 5.75 Å². The number of nitrogens with zero attached hydrogens (tertiary/aromatic N) is 1. The van der Waals surface area contributed by atoms with Gasteiger partial charge in [-0.15, -0.1) is 0 Å². The minimum atomic E-state index is -3.08. The van der Waals surface area contributed by atoms with Crippen LogP contribution in [0.1, 0.15) is 26.2 Å². The van der Waals surface area contributed by atoms with Crippen molar-refractivity contribution in [1.29, 1.82) is 0 Å². The van der Waals surface area contributed by atoms with Crippen molar-refractivity contribution >= 4 is 27.3 Å². The predicted molar refractivity (Wildman–Crippen MR) is 90.6 cm³/mol. The molecular weight excluding hydrogens is 357 g/mol. The topological polar surface area (TPSA) is 63.7 Å².